The molecule has 1 N–H and O–H groups in total. The van der Waals surface area contributed by atoms with Gasteiger partial charge in [-0.05, 0) is 19.9 Å². The maximum Gasteiger partial charge on any atom is 0.248 e. The molecule has 122 valence electrons. The molecule has 1 saturated carbocycles. The van der Waals surface area contributed by atoms with Gasteiger partial charge in [0.05, 0.1) is 12.1 Å². The van der Waals surface area contributed by atoms with Crippen molar-refractivity contribution in [1.29, 1.82) is 0 Å². The molecule has 1 unspecified atom stereocenters. The van der Waals surface area contributed by atoms with Crippen LogP contribution in [0.4, 0.5) is 0 Å². The first-order chi connectivity index (χ1) is 10.7. The van der Waals surface area contributed by atoms with E-state index in [4.69, 9.17) is 4.74 Å². The van der Waals surface area contributed by atoms with Crippen LogP contribution in [0.15, 0.2) is 12.4 Å². The van der Waals surface area contributed by atoms with Crippen molar-refractivity contribution in [3.05, 3.63) is 18.2 Å². The van der Waals surface area contributed by atoms with E-state index in [2.05, 4.69) is 21.9 Å². The van der Waals surface area contributed by atoms with Crippen molar-refractivity contribution in [1.82, 2.24) is 19.8 Å². The molecule has 1 saturated heterocycles. The number of nitrogens with zero attached hydrogens (tertiary/aromatic N) is 3. The van der Waals surface area contributed by atoms with Crippen molar-refractivity contribution in [3.63, 3.8) is 0 Å². The first-order valence-electron chi connectivity index (χ1n) is 8.33. The van der Waals surface area contributed by atoms with Crippen molar-refractivity contribution in [2.24, 2.45) is 0 Å². The molecule has 0 spiro atoms. The van der Waals surface area contributed by atoms with Crippen LogP contribution in [0, 0.1) is 0 Å². The molecule has 3 rings (SSSR count). The van der Waals surface area contributed by atoms with Gasteiger partial charge in [-0.2, -0.15) is 0 Å². The number of aromatic amines is 1. The summed E-state index contributed by atoms with van der Waals surface area (Å²) in [4.78, 5) is 24.1. The van der Waals surface area contributed by atoms with Crippen molar-refractivity contribution in [2.75, 3.05) is 33.3 Å². The Balaban J connectivity index is 1.51. The van der Waals surface area contributed by atoms with Crippen LogP contribution in [-0.4, -0.2) is 65.1 Å². The second kappa shape index (κ2) is 7.24. The summed E-state index contributed by atoms with van der Waals surface area (Å²) in [5, 5.41) is 0. The lowest BCUT2D eigenvalue weighted by atomic mass is 9.98. The number of hydrogen-bond acceptors (Lipinski definition) is 4. The summed E-state index contributed by atoms with van der Waals surface area (Å²) in [6.07, 6.45) is 9.84. The Bertz CT molecular complexity index is 471. The number of piperazine rings is 1. The van der Waals surface area contributed by atoms with Gasteiger partial charge in [0.25, 0.3) is 0 Å². The Hall–Kier alpha value is -1.40. The summed E-state index contributed by atoms with van der Waals surface area (Å²) >= 11 is 0. The lowest BCUT2D eigenvalue weighted by Crippen LogP contribution is -2.50. The van der Waals surface area contributed by atoms with E-state index in [1.165, 1.54) is 19.3 Å². The Morgan fingerprint density at radius 2 is 2.18 bits per heavy atom. The Morgan fingerprint density at radius 3 is 2.91 bits per heavy atom. The molecule has 2 heterocycles. The molecular weight excluding hydrogens is 280 g/mol. The molecule has 6 heteroatoms. The molecule has 1 aliphatic carbocycles. The zero-order chi connectivity index (χ0) is 15.4. The van der Waals surface area contributed by atoms with Crippen LogP contribution in [0.25, 0.3) is 0 Å². The molecule has 0 aromatic carbocycles. The highest BCUT2D eigenvalue weighted by atomic mass is 16.5. The van der Waals surface area contributed by atoms with Crippen LogP contribution >= 0.6 is 0 Å². The molecule has 1 aromatic heterocycles. The number of imidazole rings is 1. The zero-order valence-corrected chi connectivity index (χ0v) is 13.3. The van der Waals surface area contributed by atoms with E-state index in [9.17, 15) is 4.79 Å². The van der Waals surface area contributed by atoms with Gasteiger partial charge in [-0.25, -0.2) is 4.98 Å². The number of carbonyl (C=O) groups is 1. The molecule has 6 nitrogen and oxygen atoms in total. The predicted molar refractivity (Wildman–Crippen MR) is 83.4 cm³/mol. The molecule has 22 heavy (non-hydrogen) atoms. The van der Waals surface area contributed by atoms with Crippen LogP contribution < -0.4 is 0 Å². The lowest BCUT2D eigenvalue weighted by Gasteiger charge is -2.38. The van der Waals surface area contributed by atoms with E-state index in [1.54, 1.807) is 6.20 Å². The molecule has 2 aliphatic rings. The van der Waals surface area contributed by atoms with Gasteiger partial charge in [-0.3, -0.25) is 9.69 Å². The molecule has 1 atom stereocenters. The number of hydrogen-bond donors (Lipinski definition) is 1. The normalized spacial score (nSPS) is 24.6. The summed E-state index contributed by atoms with van der Waals surface area (Å²) in [6, 6.07) is 0.141. The molecular formula is C16H26N4O2. The van der Waals surface area contributed by atoms with Crippen LogP contribution in [-0.2, 0) is 9.53 Å². The van der Waals surface area contributed by atoms with Gasteiger partial charge in [0.15, 0.2) is 0 Å². The highest BCUT2D eigenvalue weighted by Gasteiger charge is 2.30. The quantitative estimate of drug-likeness (QED) is 0.917. The molecule has 1 aliphatic heterocycles. The fourth-order valence-electron chi connectivity index (χ4n) is 3.37. The molecule has 1 aromatic rings. The van der Waals surface area contributed by atoms with E-state index in [1.807, 2.05) is 11.1 Å². The first kappa shape index (κ1) is 15.5. The molecule has 0 radical (unpaired) electrons. The van der Waals surface area contributed by atoms with Gasteiger partial charge in [-0.15, -0.1) is 0 Å². The average molecular weight is 306 g/mol. The van der Waals surface area contributed by atoms with Crippen molar-refractivity contribution >= 4 is 5.91 Å². The third kappa shape index (κ3) is 3.67. The third-order valence-electron chi connectivity index (χ3n) is 4.83. The van der Waals surface area contributed by atoms with E-state index in [0.29, 0.717) is 6.54 Å². The second-order valence-electron chi connectivity index (χ2n) is 6.38. The highest BCUT2D eigenvalue weighted by Crippen LogP contribution is 2.22. The molecule has 0 bridgehead atoms. The topological polar surface area (TPSA) is 61.5 Å². The number of amides is 1. The van der Waals surface area contributed by atoms with Crippen molar-refractivity contribution in [3.8, 4) is 0 Å². The van der Waals surface area contributed by atoms with Gasteiger partial charge >= 0.3 is 0 Å². The van der Waals surface area contributed by atoms with Crippen molar-refractivity contribution in [2.45, 2.75) is 44.2 Å². The average Bonchev–Trinajstić information content (AvgIpc) is 3.08. The summed E-state index contributed by atoms with van der Waals surface area (Å²) in [6.45, 7) is 2.53. The van der Waals surface area contributed by atoms with E-state index >= 15 is 0 Å². The first-order valence-corrected chi connectivity index (χ1v) is 8.33. The monoisotopic (exact) mass is 306 g/mol. The number of likely N-dealkylation sites (N-methyl/N-ethyl adjacent to an activating group) is 1. The van der Waals surface area contributed by atoms with Gasteiger partial charge in [-0.1, -0.05) is 19.3 Å². The summed E-state index contributed by atoms with van der Waals surface area (Å²) in [5.74, 6) is 1.03. The largest absolute Gasteiger partial charge is 0.368 e. The number of rotatable bonds is 4. The maximum absolute atomic E-state index is 12.4. The minimum atomic E-state index is 0.107. The minimum Gasteiger partial charge on any atom is -0.368 e. The number of nitrogens with one attached hydrogen (secondary N) is 1. The second-order valence-corrected chi connectivity index (χ2v) is 6.38. The molecule has 2 fully saturated rings. The summed E-state index contributed by atoms with van der Waals surface area (Å²) < 4.78 is 5.82. The Labute approximate surface area is 131 Å². The number of ether oxygens (including phenoxy) is 1. The third-order valence-corrected chi connectivity index (χ3v) is 4.83. The Morgan fingerprint density at radius 1 is 1.36 bits per heavy atom. The van der Waals surface area contributed by atoms with Gasteiger partial charge in [0, 0.05) is 32.0 Å². The minimum absolute atomic E-state index is 0.107. The van der Waals surface area contributed by atoms with E-state index in [-0.39, 0.29) is 24.7 Å². The fourth-order valence-corrected chi connectivity index (χ4v) is 3.37. The van der Waals surface area contributed by atoms with Gasteiger partial charge < -0.3 is 14.6 Å². The fraction of sp³-hybridized carbons (Fsp3) is 0.750. The van der Waals surface area contributed by atoms with E-state index in [0.717, 1.165) is 31.8 Å². The lowest BCUT2D eigenvalue weighted by molar-refractivity contribution is -0.141. The van der Waals surface area contributed by atoms with Crippen LogP contribution in [0.5, 0.6) is 0 Å². The summed E-state index contributed by atoms with van der Waals surface area (Å²) in [5.41, 5.74) is 0. The zero-order valence-electron chi connectivity index (χ0n) is 13.3. The number of carbonyl (C=O) groups excluding carboxylic acids is 1. The smallest absolute Gasteiger partial charge is 0.248 e. The van der Waals surface area contributed by atoms with Crippen LogP contribution in [0.3, 0.4) is 0 Å². The highest BCUT2D eigenvalue weighted by molar-refractivity contribution is 5.77. The number of H-pyrrole nitrogens is 1. The maximum atomic E-state index is 12.4. The number of aromatic nitrogens is 2. The SMILES string of the molecule is CN1CCN(C(=O)COC2CCCCC2)CC1c1ncc[nH]1. The van der Waals surface area contributed by atoms with Crippen LogP contribution in [0.1, 0.15) is 44.0 Å². The Kier molecular flexibility index (Phi) is 5.10. The molecule has 1 amide bonds. The predicted octanol–water partition coefficient (Wildman–Crippen LogP) is 1.57. The van der Waals surface area contributed by atoms with Gasteiger partial charge in [0.1, 0.15) is 12.4 Å². The van der Waals surface area contributed by atoms with Gasteiger partial charge in [0.2, 0.25) is 5.91 Å². The standard InChI is InChI=1S/C16H26N4O2/c1-19-9-10-20(11-14(19)16-17-7-8-18-16)15(21)12-22-13-5-3-2-4-6-13/h7-8,13-14H,2-6,9-12H2,1H3,(H,17,18). The van der Waals surface area contributed by atoms with Crippen molar-refractivity contribution < 1.29 is 9.53 Å². The van der Waals surface area contributed by atoms with Crippen LogP contribution in [0.2, 0.25) is 0 Å². The summed E-state index contributed by atoms with van der Waals surface area (Å²) in [7, 11) is 2.08. The van der Waals surface area contributed by atoms with E-state index < -0.39 is 0 Å².